The average molecular weight is 321 g/mol. The van der Waals surface area contributed by atoms with Crippen molar-refractivity contribution in [1.82, 2.24) is 30.1 Å². The largest absolute Gasteiger partial charge is 0.343 e. The van der Waals surface area contributed by atoms with Gasteiger partial charge in [0, 0.05) is 43.8 Å². The maximum Gasteiger partial charge on any atom is 0.185 e. The number of hydrogen-bond donors (Lipinski definition) is 0. The lowest BCUT2D eigenvalue weighted by Crippen LogP contribution is -2.51. The smallest absolute Gasteiger partial charge is 0.185 e. The summed E-state index contributed by atoms with van der Waals surface area (Å²) in [5, 5.41) is 15.3. The standard InChI is InChI=1S/C14H23N7S/c1-3-4-6-21-13(16-17-18-21)11-19-7-8-20(12(2)10-19)14-15-5-9-22-14/h5,9,12H,3-4,6-8,10-11H2,1-2H3/t12-/m0/s1. The Kier molecular flexibility index (Phi) is 4.99. The van der Waals surface area contributed by atoms with Crippen molar-refractivity contribution in [3.8, 4) is 0 Å². The van der Waals surface area contributed by atoms with Crippen LogP contribution < -0.4 is 4.90 Å². The molecule has 0 aromatic carbocycles. The van der Waals surface area contributed by atoms with E-state index in [0.29, 0.717) is 6.04 Å². The Balaban J connectivity index is 1.58. The van der Waals surface area contributed by atoms with Crippen molar-refractivity contribution in [1.29, 1.82) is 0 Å². The molecule has 7 nitrogen and oxygen atoms in total. The van der Waals surface area contributed by atoms with Gasteiger partial charge in [-0.15, -0.1) is 16.4 Å². The van der Waals surface area contributed by atoms with Crippen LogP contribution in [-0.2, 0) is 13.1 Å². The summed E-state index contributed by atoms with van der Waals surface area (Å²) in [7, 11) is 0. The van der Waals surface area contributed by atoms with Crippen LogP contribution in [0, 0.1) is 0 Å². The lowest BCUT2D eigenvalue weighted by Gasteiger charge is -2.39. The molecule has 1 aliphatic heterocycles. The number of rotatable bonds is 6. The number of aromatic nitrogens is 5. The Bertz CT molecular complexity index is 568. The second-order valence-corrected chi connectivity index (χ2v) is 6.64. The summed E-state index contributed by atoms with van der Waals surface area (Å²) in [6, 6.07) is 0.458. The molecule has 3 heterocycles. The Morgan fingerprint density at radius 2 is 2.27 bits per heavy atom. The van der Waals surface area contributed by atoms with Gasteiger partial charge in [0.05, 0.1) is 6.54 Å². The third kappa shape index (κ3) is 3.44. The molecule has 2 aromatic rings. The highest BCUT2D eigenvalue weighted by Gasteiger charge is 2.26. The zero-order valence-corrected chi connectivity index (χ0v) is 14.0. The van der Waals surface area contributed by atoms with Gasteiger partial charge in [-0.25, -0.2) is 9.67 Å². The first-order chi connectivity index (χ1) is 10.8. The monoisotopic (exact) mass is 321 g/mol. The third-order valence-electron chi connectivity index (χ3n) is 4.07. The van der Waals surface area contributed by atoms with Gasteiger partial charge in [0.2, 0.25) is 0 Å². The maximum atomic E-state index is 4.43. The molecule has 0 spiro atoms. The Morgan fingerprint density at radius 3 is 3.00 bits per heavy atom. The lowest BCUT2D eigenvalue weighted by atomic mass is 10.2. The fourth-order valence-corrected chi connectivity index (χ4v) is 3.61. The van der Waals surface area contributed by atoms with Gasteiger partial charge in [-0.2, -0.15) is 0 Å². The summed E-state index contributed by atoms with van der Waals surface area (Å²) in [5.74, 6) is 0.975. The van der Waals surface area contributed by atoms with Crippen LogP contribution in [0.1, 0.15) is 32.5 Å². The summed E-state index contributed by atoms with van der Waals surface area (Å²) in [5.41, 5.74) is 0. The molecule has 1 fully saturated rings. The lowest BCUT2D eigenvalue weighted by molar-refractivity contribution is 0.212. The molecule has 120 valence electrons. The average Bonchev–Trinajstić information content (AvgIpc) is 3.17. The summed E-state index contributed by atoms with van der Waals surface area (Å²) in [6.07, 6.45) is 4.15. The molecule has 2 aromatic heterocycles. The van der Waals surface area contributed by atoms with Crippen molar-refractivity contribution in [3.05, 3.63) is 17.4 Å². The van der Waals surface area contributed by atoms with E-state index in [-0.39, 0.29) is 0 Å². The van der Waals surface area contributed by atoms with Crippen molar-refractivity contribution in [3.63, 3.8) is 0 Å². The minimum Gasteiger partial charge on any atom is -0.343 e. The van der Waals surface area contributed by atoms with E-state index in [1.54, 1.807) is 11.3 Å². The molecular weight excluding hydrogens is 298 g/mol. The number of nitrogens with zero attached hydrogens (tertiary/aromatic N) is 7. The number of piperazine rings is 1. The predicted molar refractivity (Wildman–Crippen MR) is 86.9 cm³/mol. The molecular formula is C14H23N7S. The van der Waals surface area contributed by atoms with E-state index in [1.165, 1.54) is 0 Å². The number of unbranched alkanes of at least 4 members (excludes halogenated alkanes) is 1. The van der Waals surface area contributed by atoms with E-state index in [1.807, 2.05) is 16.3 Å². The van der Waals surface area contributed by atoms with Crippen molar-refractivity contribution in [2.24, 2.45) is 0 Å². The minimum absolute atomic E-state index is 0.458. The highest BCUT2D eigenvalue weighted by atomic mass is 32.1. The number of tetrazole rings is 1. The fourth-order valence-electron chi connectivity index (χ4n) is 2.84. The van der Waals surface area contributed by atoms with Crippen molar-refractivity contribution >= 4 is 16.5 Å². The molecule has 3 rings (SSSR count). The zero-order chi connectivity index (χ0) is 15.4. The highest BCUT2D eigenvalue weighted by molar-refractivity contribution is 7.13. The first-order valence-electron chi connectivity index (χ1n) is 7.91. The van der Waals surface area contributed by atoms with Crippen molar-refractivity contribution < 1.29 is 0 Å². The van der Waals surface area contributed by atoms with E-state index in [4.69, 9.17) is 0 Å². The Labute approximate surface area is 134 Å². The Hall–Kier alpha value is -1.54. The molecule has 0 bridgehead atoms. The molecule has 1 aliphatic rings. The van der Waals surface area contributed by atoms with Gasteiger partial charge in [0.25, 0.3) is 0 Å². The van der Waals surface area contributed by atoms with Crippen LogP contribution in [0.3, 0.4) is 0 Å². The number of thiazole rings is 1. The topological polar surface area (TPSA) is 63.0 Å². The molecule has 0 aliphatic carbocycles. The SMILES string of the molecule is CCCCn1nnnc1CN1CCN(c2nccs2)[C@@H](C)C1. The Morgan fingerprint density at radius 1 is 1.36 bits per heavy atom. The van der Waals surface area contributed by atoms with E-state index in [9.17, 15) is 0 Å². The van der Waals surface area contributed by atoms with Gasteiger partial charge in [-0.05, 0) is 23.8 Å². The van der Waals surface area contributed by atoms with Crippen LogP contribution in [0.5, 0.6) is 0 Å². The first kappa shape index (κ1) is 15.4. The van der Waals surface area contributed by atoms with Crippen LogP contribution in [0.4, 0.5) is 5.13 Å². The molecule has 0 N–H and O–H groups in total. The molecule has 0 unspecified atom stereocenters. The van der Waals surface area contributed by atoms with Gasteiger partial charge in [0.15, 0.2) is 11.0 Å². The van der Waals surface area contributed by atoms with Gasteiger partial charge in [-0.3, -0.25) is 4.90 Å². The van der Waals surface area contributed by atoms with E-state index >= 15 is 0 Å². The number of aryl methyl sites for hydroxylation is 1. The van der Waals surface area contributed by atoms with Gasteiger partial charge in [0.1, 0.15) is 0 Å². The maximum absolute atomic E-state index is 4.43. The first-order valence-corrected chi connectivity index (χ1v) is 8.79. The van der Waals surface area contributed by atoms with Gasteiger partial charge in [-0.1, -0.05) is 13.3 Å². The molecule has 0 radical (unpaired) electrons. The highest BCUT2D eigenvalue weighted by Crippen LogP contribution is 2.23. The summed E-state index contributed by atoms with van der Waals surface area (Å²) >= 11 is 1.71. The minimum atomic E-state index is 0.458. The molecule has 1 saturated heterocycles. The number of anilines is 1. The van der Waals surface area contributed by atoms with E-state index < -0.39 is 0 Å². The second-order valence-electron chi connectivity index (χ2n) is 5.76. The quantitative estimate of drug-likeness (QED) is 0.806. The molecule has 0 amide bonds. The molecule has 0 saturated carbocycles. The van der Waals surface area contributed by atoms with Crippen LogP contribution in [0.25, 0.3) is 0 Å². The van der Waals surface area contributed by atoms with Crippen LogP contribution in [0.15, 0.2) is 11.6 Å². The van der Waals surface area contributed by atoms with Crippen LogP contribution in [-0.4, -0.2) is 55.8 Å². The second kappa shape index (κ2) is 7.15. The third-order valence-corrected chi connectivity index (χ3v) is 4.88. The van der Waals surface area contributed by atoms with E-state index in [2.05, 4.69) is 44.2 Å². The summed E-state index contributed by atoms with van der Waals surface area (Å²) < 4.78 is 1.95. The molecule has 8 heteroatoms. The van der Waals surface area contributed by atoms with Gasteiger partial charge >= 0.3 is 0 Å². The van der Waals surface area contributed by atoms with Crippen LogP contribution in [0.2, 0.25) is 0 Å². The number of hydrogen-bond acceptors (Lipinski definition) is 7. The zero-order valence-electron chi connectivity index (χ0n) is 13.2. The van der Waals surface area contributed by atoms with Crippen molar-refractivity contribution in [2.75, 3.05) is 24.5 Å². The molecule has 1 atom stereocenters. The summed E-state index contributed by atoms with van der Waals surface area (Å²) in [6.45, 7) is 9.22. The summed E-state index contributed by atoms with van der Waals surface area (Å²) in [4.78, 5) is 9.25. The van der Waals surface area contributed by atoms with E-state index in [0.717, 1.165) is 56.5 Å². The van der Waals surface area contributed by atoms with Crippen molar-refractivity contribution in [2.45, 2.75) is 45.8 Å². The normalized spacial score (nSPS) is 19.7. The predicted octanol–water partition coefficient (Wildman–Crippen LogP) is 1.64. The van der Waals surface area contributed by atoms with Gasteiger partial charge < -0.3 is 4.90 Å². The fraction of sp³-hybridized carbons (Fsp3) is 0.714. The molecule has 22 heavy (non-hydrogen) atoms. The van der Waals surface area contributed by atoms with Crippen LogP contribution >= 0.6 is 11.3 Å².